The van der Waals surface area contributed by atoms with Crippen LogP contribution >= 0.6 is 11.3 Å². The van der Waals surface area contributed by atoms with Crippen molar-refractivity contribution in [2.24, 2.45) is 11.8 Å². The number of hydrogen-bond donors (Lipinski definition) is 2. The highest BCUT2D eigenvalue weighted by Gasteiger charge is 2.38. The van der Waals surface area contributed by atoms with Gasteiger partial charge in [0.2, 0.25) is 5.91 Å². The van der Waals surface area contributed by atoms with E-state index in [2.05, 4.69) is 41.8 Å². The highest BCUT2D eigenvalue weighted by atomic mass is 32.1. The number of benzene rings is 2. The first-order valence-electron chi connectivity index (χ1n) is 12.1. The zero-order valence-electron chi connectivity index (χ0n) is 19.5. The molecular formula is C28H31FN2O2S. The molecule has 1 heterocycles. The fourth-order valence-corrected chi connectivity index (χ4v) is 6.28. The maximum absolute atomic E-state index is 13.0. The zero-order valence-corrected chi connectivity index (χ0v) is 20.3. The van der Waals surface area contributed by atoms with Gasteiger partial charge in [0.25, 0.3) is 0 Å². The van der Waals surface area contributed by atoms with Crippen molar-refractivity contribution in [2.45, 2.75) is 51.6 Å². The Labute approximate surface area is 204 Å². The molecule has 1 amide bonds. The SMILES string of the molecule is Cc1ccc(CN[C@@H]2C3CC[C@H]2Cc2cc(NC(=O)CCOc4ccc(F)cc4)ccc2C3)s1. The highest BCUT2D eigenvalue weighted by molar-refractivity contribution is 7.11. The van der Waals surface area contributed by atoms with Crippen molar-refractivity contribution in [1.82, 2.24) is 5.32 Å². The number of rotatable bonds is 8. The Morgan fingerprint density at radius 2 is 1.79 bits per heavy atom. The van der Waals surface area contributed by atoms with Gasteiger partial charge in [-0.3, -0.25) is 4.79 Å². The first-order chi connectivity index (χ1) is 16.5. The molecule has 3 atom stereocenters. The molecule has 5 rings (SSSR count). The molecule has 2 N–H and O–H groups in total. The average Bonchev–Trinajstić information content (AvgIpc) is 3.35. The number of amides is 1. The van der Waals surface area contributed by atoms with Crippen molar-refractivity contribution in [3.05, 3.63) is 81.3 Å². The van der Waals surface area contributed by atoms with Crippen LogP contribution in [0.4, 0.5) is 10.1 Å². The van der Waals surface area contributed by atoms with Crippen molar-refractivity contribution < 1.29 is 13.9 Å². The predicted molar refractivity (Wildman–Crippen MR) is 135 cm³/mol. The lowest BCUT2D eigenvalue weighted by atomic mass is 9.93. The van der Waals surface area contributed by atoms with Crippen LogP contribution in [-0.2, 0) is 24.2 Å². The van der Waals surface area contributed by atoms with Crippen LogP contribution < -0.4 is 15.4 Å². The summed E-state index contributed by atoms with van der Waals surface area (Å²) in [6.45, 7) is 3.37. The summed E-state index contributed by atoms with van der Waals surface area (Å²) >= 11 is 1.88. The molecule has 0 saturated heterocycles. The van der Waals surface area contributed by atoms with Crippen LogP contribution in [0, 0.1) is 24.6 Å². The Balaban J connectivity index is 1.16. The van der Waals surface area contributed by atoms with Crippen LogP contribution in [0.5, 0.6) is 5.75 Å². The number of carbonyl (C=O) groups is 1. The number of aryl methyl sites for hydroxylation is 1. The summed E-state index contributed by atoms with van der Waals surface area (Å²) in [6.07, 6.45) is 4.96. The second kappa shape index (κ2) is 10.3. The fourth-order valence-electron chi connectivity index (χ4n) is 5.44. The summed E-state index contributed by atoms with van der Waals surface area (Å²) in [4.78, 5) is 15.2. The quantitative estimate of drug-likeness (QED) is 0.425. The average molecular weight is 479 g/mol. The van der Waals surface area contributed by atoms with Gasteiger partial charge in [-0.2, -0.15) is 0 Å². The van der Waals surface area contributed by atoms with Crippen LogP contribution in [0.3, 0.4) is 0 Å². The van der Waals surface area contributed by atoms with E-state index in [1.165, 1.54) is 45.9 Å². The van der Waals surface area contributed by atoms with E-state index in [0.717, 1.165) is 25.1 Å². The summed E-state index contributed by atoms with van der Waals surface area (Å²) in [5, 5.41) is 6.90. The third kappa shape index (κ3) is 5.50. The Morgan fingerprint density at radius 1 is 1.03 bits per heavy atom. The predicted octanol–water partition coefficient (Wildman–Crippen LogP) is 5.89. The van der Waals surface area contributed by atoms with Gasteiger partial charge in [0.1, 0.15) is 11.6 Å². The summed E-state index contributed by atoms with van der Waals surface area (Å²) < 4.78 is 18.5. The van der Waals surface area contributed by atoms with E-state index in [1.807, 2.05) is 17.4 Å². The lowest BCUT2D eigenvalue weighted by molar-refractivity contribution is -0.116. The van der Waals surface area contributed by atoms with E-state index in [9.17, 15) is 9.18 Å². The molecule has 1 saturated carbocycles. The van der Waals surface area contributed by atoms with Crippen LogP contribution in [0.25, 0.3) is 0 Å². The molecule has 4 nitrogen and oxygen atoms in total. The number of carbonyl (C=O) groups excluding carboxylic acids is 1. The minimum atomic E-state index is -0.304. The summed E-state index contributed by atoms with van der Waals surface area (Å²) in [6, 6.07) is 17.2. The Kier molecular flexibility index (Phi) is 6.97. The molecule has 2 aliphatic rings. The standard InChI is InChI=1S/C28H31FN2O2S/c1-18-2-11-26(34-18)17-30-28-20-3-4-21(28)15-22-16-24(8-5-19(22)14-20)31-27(32)12-13-33-25-9-6-23(29)7-10-25/h2,5-11,16,20-21,28,30H,3-4,12-15,17H2,1H3,(H,31,32)/t20?,21-,28+/m0/s1. The van der Waals surface area contributed by atoms with E-state index < -0.39 is 0 Å². The van der Waals surface area contributed by atoms with Gasteiger partial charge in [0.05, 0.1) is 13.0 Å². The maximum atomic E-state index is 13.0. The van der Waals surface area contributed by atoms with Gasteiger partial charge in [-0.05, 0) is 104 Å². The monoisotopic (exact) mass is 478 g/mol. The van der Waals surface area contributed by atoms with Gasteiger partial charge in [-0.15, -0.1) is 11.3 Å². The van der Waals surface area contributed by atoms with E-state index in [1.54, 1.807) is 12.1 Å². The van der Waals surface area contributed by atoms with Crippen molar-refractivity contribution in [3.63, 3.8) is 0 Å². The first-order valence-corrected chi connectivity index (χ1v) is 12.9. The zero-order chi connectivity index (χ0) is 23.5. The van der Waals surface area contributed by atoms with Crippen molar-refractivity contribution in [2.75, 3.05) is 11.9 Å². The van der Waals surface area contributed by atoms with Crippen LogP contribution in [0.15, 0.2) is 54.6 Å². The lowest BCUT2D eigenvalue weighted by Gasteiger charge is -2.23. The normalized spacial score (nSPS) is 21.1. The molecule has 0 aliphatic heterocycles. The van der Waals surface area contributed by atoms with E-state index in [-0.39, 0.29) is 24.8 Å². The van der Waals surface area contributed by atoms with Gasteiger partial charge in [0.15, 0.2) is 0 Å². The molecule has 0 spiro atoms. The van der Waals surface area contributed by atoms with Gasteiger partial charge >= 0.3 is 0 Å². The highest BCUT2D eigenvalue weighted by Crippen LogP contribution is 2.41. The summed E-state index contributed by atoms with van der Waals surface area (Å²) in [5.41, 5.74) is 3.64. The van der Waals surface area contributed by atoms with Gasteiger partial charge in [-0.1, -0.05) is 6.07 Å². The second-order valence-electron chi connectivity index (χ2n) is 9.51. The van der Waals surface area contributed by atoms with Crippen molar-refractivity contribution in [3.8, 4) is 5.75 Å². The number of thiophene rings is 1. The fraction of sp³-hybridized carbons (Fsp3) is 0.393. The molecule has 1 aromatic heterocycles. The molecule has 1 unspecified atom stereocenters. The molecule has 0 radical (unpaired) electrons. The molecule has 2 aromatic carbocycles. The smallest absolute Gasteiger partial charge is 0.227 e. The largest absolute Gasteiger partial charge is 0.493 e. The molecule has 3 aromatic rings. The third-order valence-electron chi connectivity index (χ3n) is 7.10. The van der Waals surface area contributed by atoms with Crippen LogP contribution in [-0.4, -0.2) is 18.6 Å². The van der Waals surface area contributed by atoms with E-state index in [0.29, 0.717) is 23.6 Å². The van der Waals surface area contributed by atoms with E-state index in [4.69, 9.17) is 4.74 Å². The molecule has 2 aliphatic carbocycles. The second-order valence-corrected chi connectivity index (χ2v) is 10.9. The summed E-state index contributed by atoms with van der Waals surface area (Å²) in [5.74, 6) is 1.49. The van der Waals surface area contributed by atoms with Crippen LogP contribution in [0.1, 0.15) is 40.1 Å². The molecule has 6 heteroatoms. The molecule has 178 valence electrons. The summed E-state index contributed by atoms with van der Waals surface area (Å²) in [7, 11) is 0. The van der Waals surface area contributed by atoms with Gasteiger partial charge < -0.3 is 15.4 Å². The molecule has 2 bridgehead atoms. The Bertz CT molecular complexity index is 1140. The number of ether oxygens (including phenoxy) is 1. The van der Waals surface area contributed by atoms with Gasteiger partial charge in [0, 0.05) is 28.0 Å². The van der Waals surface area contributed by atoms with Crippen molar-refractivity contribution in [1.29, 1.82) is 0 Å². The number of nitrogens with one attached hydrogen (secondary N) is 2. The Morgan fingerprint density at radius 3 is 2.53 bits per heavy atom. The van der Waals surface area contributed by atoms with Crippen molar-refractivity contribution >= 4 is 22.9 Å². The minimum Gasteiger partial charge on any atom is -0.493 e. The maximum Gasteiger partial charge on any atom is 0.227 e. The number of hydrogen-bond acceptors (Lipinski definition) is 4. The Hall–Kier alpha value is -2.70. The topological polar surface area (TPSA) is 50.4 Å². The van der Waals surface area contributed by atoms with Crippen LogP contribution in [0.2, 0.25) is 0 Å². The first kappa shape index (κ1) is 23.1. The number of anilines is 1. The van der Waals surface area contributed by atoms with Gasteiger partial charge in [-0.25, -0.2) is 4.39 Å². The lowest BCUT2D eigenvalue weighted by Crippen LogP contribution is -2.37. The number of fused-ring (bicyclic) bond motifs is 3. The number of halogens is 1. The molecular weight excluding hydrogens is 447 g/mol. The molecule has 34 heavy (non-hydrogen) atoms. The molecule has 1 fully saturated rings. The minimum absolute atomic E-state index is 0.0806. The van der Waals surface area contributed by atoms with E-state index >= 15 is 0 Å². The third-order valence-corrected chi connectivity index (χ3v) is 8.10.